The molecule has 0 unspecified atom stereocenters. The first-order valence-electron chi connectivity index (χ1n) is 4.83. The topological polar surface area (TPSA) is 70.5 Å². The number of sulfone groups is 1. The van der Waals surface area contributed by atoms with E-state index in [9.17, 15) is 8.42 Å². The molecule has 1 rings (SSSR count). The monoisotopic (exact) mass is 238 g/mol. The largest absolute Gasteiger partial charge is 0.412 e. The van der Waals surface area contributed by atoms with Crippen LogP contribution in [0.3, 0.4) is 0 Å². The SMILES string of the molecule is CC(C)(C)S(=O)(=O)C(=[N+]=[N-])c1ccccc1. The minimum atomic E-state index is -3.64. The molecule has 0 aliphatic heterocycles. The van der Waals surface area contributed by atoms with Crippen molar-refractivity contribution in [2.24, 2.45) is 0 Å². The summed E-state index contributed by atoms with van der Waals surface area (Å²) in [5.74, 6) is 0. The minimum Gasteiger partial charge on any atom is -0.360 e. The van der Waals surface area contributed by atoms with Crippen molar-refractivity contribution in [2.75, 3.05) is 0 Å². The highest BCUT2D eigenvalue weighted by Gasteiger charge is 2.41. The third kappa shape index (κ3) is 2.21. The van der Waals surface area contributed by atoms with Crippen molar-refractivity contribution in [1.82, 2.24) is 0 Å². The molecule has 0 amide bonds. The van der Waals surface area contributed by atoms with E-state index >= 15 is 0 Å². The van der Waals surface area contributed by atoms with E-state index in [1.165, 1.54) is 0 Å². The molecule has 86 valence electrons. The molecule has 0 spiro atoms. The van der Waals surface area contributed by atoms with Gasteiger partial charge in [-0.3, -0.25) is 0 Å². The van der Waals surface area contributed by atoms with Gasteiger partial charge < -0.3 is 5.53 Å². The average Bonchev–Trinajstić information content (AvgIpc) is 2.18. The van der Waals surface area contributed by atoms with E-state index < -0.39 is 14.6 Å². The van der Waals surface area contributed by atoms with Crippen LogP contribution in [0.1, 0.15) is 26.3 Å². The Balaban J connectivity index is 3.39. The third-order valence-corrected chi connectivity index (χ3v) is 4.61. The molecule has 0 radical (unpaired) electrons. The lowest BCUT2D eigenvalue weighted by Gasteiger charge is -2.15. The average molecular weight is 238 g/mol. The van der Waals surface area contributed by atoms with E-state index in [4.69, 9.17) is 5.53 Å². The molecule has 0 saturated carbocycles. The summed E-state index contributed by atoms with van der Waals surface area (Å²) in [4.78, 5) is 2.93. The van der Waals surface area contributed by atoms with Crippen molar-refractivity contribution in [3.63, 3.8) is 0 Å². The van der Waals surface area contributed by atoms with Gasteiger partial charge in [0, 0.05) is 0 Å². The molecule has 0 saturated heterocycles. The van der Waals surface area contributed by atoms with Crippen molar-refractivity contribution >= 4 is 14.9 Å². The maximum atomic E-state index is 12.1. The van der Waals surface area contributed by atoms with Crippen LogP contribution in [0.5, 0.6) is 0 Å². The lowest BCUT2D eigenvalue weighted by molar-refractivity contribution is 0.000462. The van der Waals surface area contributed by atoms with Gasteiger partial charge in [0.1, 0.15) is 0 Å². The molecule has 0 aromatic heterocycles. The quantitative estimate of drug-likeness (QED) is 0.324. The van der Waals surface area contributed by atoms with Crippen LogP contribution in [-0.2, 0) is 9.84 Å². The molecule has 0 aliphatic rings. The Labute approximate surface area is 95.5 Å². The van der Waals surface area contributed by atoms with Crippen molar-refractivity contribution in [2.45, 2.75) is 25.5 Å². The number of hydrogen-bond donors (Lipinski definition) is 0. The van der Waals surface area contributed by atoms with Gasteiger partial charge in [-0.05, 0) is 32.9 Å². The number of hydrogen-bond acceptors (Lipinski definition) is 2. The predicted octanol–water partition coefficient (Wildman–Crippen LogP) is 1.88. The van der Waals surface area contributed by atoms with Gasteiger partial charge in [0.15, 0.2) is 0 Å². The summed E-state index contributed by atoms with van der Waals surface area (Å²) in [7, 11) is -3.64. The Morgan fingerprint density at radius 3 is 2.06 bits per heavy atom. The molecule has 4 nitrogen and oxygen atoms in total. The Morgan fingerprint density at radius 1 is 1.19 bits per heavy atom. The molecule has 0 bridgehead atoms. The van der Waals surface area contributed by atoms with Crippen LogP contribution in [-0.4, -0.2) is 23.0 Å². The first-order valence-corrected chi connectivity index (χ1v) is 6.31. The highest BCUT2D eigenvalue weighted by molar-refractivity contribution is 8.07. The van der Waals surface area contributed by atoms with E-state index in [0.717, 1.165) is 0 Å². The van der Waals surface area contributed by atoms with Crippen LogP contribution in [0.2, 0.25) is 0 Å². The van der Waals surface area contributed by atoms with E-state index in [-0.39, 0.29) is 5.04 Å². The second kappa shape index (κ2) is 4.20. The van der Waals surface area contributed by atoms with Gasteiger partial charge in [-0.2, -0.15) is 4.79 Å². The first kappa shape index (κ1) is 12.6. The molecular weight excluding hydrogens is 224 g/mol. The van der Waals surface area contributed by atoms with Gasteiger partial charge in [0.05, 0.1) is 10.3 Å². The minimum absolute atomic E-state index is 0.291. The van der Waals surface area contributed by atoms with Gasteiger partial charge in [-0.15, -0.1) is 0 Å². The molecule has 16 heavy (non-hydrogen) atoms. The zero-order valence-electron chi connectivity index (χ0n) is 9.51. The van der Waals surface area contributed by atoms with Crippen LogP contribution in [0.15, 0.2) is 30.3 Å². The summed E-state index contributed by atoms with van der Waals surface area (Å²) in [6, 6.07) is 8.34. The highest BCUT2D eigenvalue weighted by Crippen LogP contribution is 2.20. The lowest BCUT2D eigenvalue weighted by atomic mass is 10.2. The zero-order valence-corrected chi connectivity index (χ0v) is 10.3. The van der Waals surface area contributed by atoms with E-state index in [0.29, 0.717) is 5.56 Å². The Bertz CT molecular complexity index is 521. The second-order valence-electron chi connectivity index (χ2n) is 4.39. The van der Waals surface area contributed by atoms with Gasteiger partial charge in [-0.25, -0.2) is 8.42 Å². The fourth-order valence-electron chi connectivity index (χ4n) is 1.14. The fraction of sp³-hybridized carbons (Fsp3) is 0.364. The van der Waals surface area contributed by atoms with Crippen LogP contribution >= 0.6 is 0 Å². The number of benzene rings is 1. The highest BCUT2D eigenvalue weighted by atomic mass is 32.2. The predicted molar refractivity (Wildman–Crippen MR) is 62.8 cm³/mol. The number of nitrogens with zero attached hydrogens (tertiary/aromatic N) is 2. The summed E-state index contributed by atoms with van der Waals surface area (Å²) < 4.78 is 23.2. The normalized spacial score (nSPS) is 11.9. The summed E-state index contributed by atoms with van der Waals surface area (Å²) in [6.07, 6.45) is 0. The summed E-state index contributed by atoms with van der Waals surface area (Å²) in [5, 5.41) is -0.291. The van der Waals surface area contributed by atoms with Crippen molar-refractivity contribution in [3.05, 3.63) is 41.4 Å². The van der Waals surface area contributed by atoms with Gasteiger partial charge >= 0.3 is 5.04 Å². The summed E-state index contributed by atoms with van der Waals surface area (Å²) in [5.41, 5.74) is 9.28. The molecule has 0 aliphatic carbocycles. The second-order valence-corrected chi connectivity index (χ2v) is 7.01. The Morgan fingerprint density at radius 2 is 1.69 bits per heavy atom. The smallest absolute Gasteiger partial charge is 0.360 e. The van der Waals surface area contributed by atoms with Crippen molar-refractivity contribution in [1.29, 1.82) is 0 Å². The van der Waals surface area contributed by atoms with Crippen molar-refractivity contribution in [3.8, 4) is 0 Å². The fourth-order valence-corrected chi connectivity index (χ4v) is 2.27. The summed E-state index contributed by atoms with van der Waals surface area (Å²) in [6.45, 7) is 4.70. The third-order valence-electron chi connectivity index (χ3n) is 2.17. The molecular formula is C11H14N2O2S. The van der Waals surface area contributed by atoms with Gasteiger partial charge in [0.2, 0.25) is 0 Å². The lowest BCUT2D eigenvalue weighted by Crippen LogP contribution is -2.35. The zero-order chi connectivity index (χ0) is 12.4. The maximum absolute atomic E-state index is 12.1. The molecule has 0 N–H and O–H groups in total. The van der Waals surface area contributed by atoms with E-state index in [2.05, 4.69) is 4.79 Å². The number of rotatable bonds is 1. The molecule has 5 heteroatoms. The maximum Gasteiger partial charge on any atom is 0.412 e. The first-order chi connectivity index (χ1) is 7.30. The standard InChI is InChI=1S/C11H14N2O2S/c1-11(2,3)16(14,15)10(13-12)9-7-5-4-6-8-9/h4-8H,1-3H3. The molecule has 0 heterocycles. The van der Waals surface area contributed by atoms with Crippen LogP contribution in [0.25, 0.3) is 5.53 Å². The Hall–Kier alpha value is -1.45. The molecule has 1 aromatic rings. The van der Waals surface area contributed by atoms with Crippen LogP contribution in [0.4, 0.5) is 0 Å². The van der Waals surface area contributed by atoms with Crippen LogP contribution < -0.4 is 0 Å². The Kier molecular flexibility index (Phi) is 3.31. The molecule has 1 aromatic carbocycles. The molecule has 0 atom stereocenters. The van der Waals surface area contributed by atoms with E-state index in [1.807, 2.05) is 0 Å². The van der Waals surface area contributed by atoms with Gasteiger partial charge in [-0.1, -0.05) is 18.2 Å². The van der Waals surface area contributed by atoms with Crippen molar-refractivity contribution < 1.29 is 13.2 Å². The van der Waals surface area contributed by atoms with Crippen LogP contribution in [0, 0.1) is 0 Å². The van der Waals surface area contributed by atoms with E-state index in [1.54, 1.807) is 51.1 Å². The molecule has 0 fully saturated rings. The van der Waals surface area contributed by atoms with Gasteiger partial charge in [0.25, 0.3) is 9.84 Å². The summed E-state index contributed by atoms with van der Waals surface area (Å²) >= 11 is 0.